The molecule has 2 N–H and O–H groups in total. The average molecular weight is 287 g/mol. The molecule has 0 aliphatic heterocycles. The van der Waals surface area contributed by atoms with Crippen molar-refractivity contribution in [2.45, 2.75) is 13.5 Å². The number of hydrogen-bond donors (Lipinski definition) is 1. The van der Waals surface area contributed by atoms with Crippen molar-refractivity contribution < 1.29 is 9.47 Å². The molecule has 0 aliphatic rings. The van der Waals surface area contributed by atoms with Crippen molar-refractivity contribution in [3.63, 3.8) is 0 Å². The van der Waals surface area contributed by atoms with Gasteiger partial charge in [0.2, 0.25) is 0 Å². The van der Waals surface area contributed by atoms with Crippen LogP contribution >= 0.6 is 11.3 Å². The molecule has 0 saturated carbocycles. The third-order valence-corrected chi connectivity index (χ3v) is 3.64. The summed E-state index contributed by atoms with van der Waals surface area (Å²) in [7, 11) is 1.65. The van der Waals surface area contributed by atoms with E-state index in [1.807, 2.05) is 37.3 Å². The molecule has 1 aromatic heterocycles. The van der Waals surface area contributed by atoms with Gasteiger partial charge in [-0.3, -0.25) is 0 Å². The van der Waals surface area contributed by atoms with Crippen LogP contribution in [-0.2, 0) is 6.61 Å². The Kier molecular flexibility index (Phi) is 5.05. The predicted molar refractivity (Wildman–Crippen MR) is 82.3 cm³/mol. The summed E-state index contributed by atoms with van der Waals surface area (Å²) in [6.07, 6.45) is 0. The molecule has 0 bridgehead atoms. The Bertz CT molecular complexity index is 637. The van der Waals surface area contributed by atoms with Gasteiger partial charge in [-0.2, -0.15) is 0 Å². The van der Waals surface area contributed by atoms with Gasteiger partial charge in [0.1, 0.15) is 6.61 Å². The standard InChI is InChI=1S/C16H17NO2S/c1-12-5-8-15(16(10-12)18-2)19-11-14-7-6-13(20-14)4-3-9-17/h5-8,10H,9,11,17H2,1-2H3. The summed E-state index contributed by atoms with van der Waals surface area (Å²) in [6.45, 7) is 2.91. The fourth-order valence-corrected chi connectivity index (χ4v) is 2.50. The molecular formula is C16H17NO2S. The normalized spacial score (nSPS) is 9.75. The van der Waals surface area contributed by atoms with Gasteiger partial charge in [-0.15, -0.1) is 11.3 Å². The molecule has 0 atom stereocenters. The van der Waals surface area contributed by atoms with Gasteiger partial charge in [0.05, 0.1) is 18.5 Å². The molecule has 0 amide bonds. The zero-order chi connectivity index (χ0) is 14.4. The van der Waals surface area contributed by atoms with Gasteiger partial charge in [0, 0.05) is 4.88 Å². The zero-order valence-electron chi connectivity index (χ0n) is 11.6. The molecule has 0 saturated heterocycles. The van der Waals surface area contributed by atoms with Crippen molar-refractivity contribution >= 4 is 11.3 Å². The quantitative estimate of drug-likeness (QED) is 0.879. The van der Waals surface area contributed by atoms with Crippen molar-refractivity contribution in [2.24, 2.45) is 5.73 Å². The molecule has 2 rings (SSSR count). The Morgan fingerprint density at radius 2 is 2.05 bits per heavy atom. The Morgan fingerprint density at radius 3 is 2.80 bits per heavy atom. The van der Waals surface area contributed by atoms with Crippen LogP contribution in [0.3, 0.4) is 0 Å². The first kappa shape index (κ1) is 14.4. The maximum atomic E-state index is 5.80. The summed E-state index contributed by atoms with van der Waals surface area (Å²) >= 11 is 1.61. The summed E-state index contributed by atoms with van der Waals surface area (Å²) < 4.78 is 11.1. The van der Waals surface area contributed by atoms with Crippen molar-refractivity contribution in [1.82, 2.24) is 0 Å². The second kappa shape index (κ2) is 6.99. The van der Waals surface area contributed by atoms with Crippen molar-refractivity contribution in [2.75, 3.05) is 13.7 Å². The minimum absolute atomic E-state index is 0.379. The first-order chi connectivity index (χ1) is 9.72. The largest absolute Gasteiger partial charge is 0.493 e. The van der Waals surface area contributed by atoms with E-state index in [4.69, 9.17) is 15.2 Å². The van der Waals surface area contributed by atoms with Crippen LogP contribution in [0, 0.1) is 18.8 Å². The molecule has 3 nitrogen and oxygen atoms in total. The lowest BCUT2D eigenvalue weighted by molar-refractivity contribution is 0.287. The summed E-state index contributed by atoms with van der Waals surface area (Å²) in [6, 6.07) is 9.90. The Hall–Kier alpha value is -1.96. The zero-order valence-corrected chi connectivity index (χ0v) is 12.4. The topological polar surface area (TPSA) is 44.5 Å². The van der Waals surface area contributed by atoms with E-state index >= 15 is 0 Å². The monoisotopic (exact) mass is 287 g/mol. The molecule has 0 spiro atoms. The molecule has 2 aromatic rings. The minimum atomic E-state index is 0.379. The molecule has 0 aliphatic carbocycles. The molecule has 104 valence electrons. The Labute approximate surface area is 123 Å². The van der Waals surface area contributed by atoms with E-state index in [2.05, 4.69) is 11.8 Å². The van der Waals surface area contributed by atoms with Gasteiger partial charge in [0.25, 0.3) is 0 Å². The summed E-state index contributed by atoms with van der Waals surface area (Å²) in [5, 5.41) is 0. The van der Waals surface area contributed by atoms with Crippen molar-refractivity contribution in [3.8, 4) is 23.3 Å². The summed E-state index contributed by atoms with van der Waals surface area (Å²) in [5.41, 5.74) is 6.50. The van der Waals surface area contributed by atoms with Crippen LogP contribution in [-0.4, -0.2) is 13.7 Å². The van der Waals surface area contributed by atoms with Crippen LogP contribution in [0.4, 0.5) is 0 Å². The number of methoxy groups -OCH3 is 1. The number of nitrogens with two attached hydrogens (primary N) is 1. The molecule has 0 radical (unpaired) electrons. The fourth-order valence-electron chi connectivity index (χ4n) is 1.70. The van der Waals surface area contributed by atoms with Gasteiger partial charge in [-0.25, -0.2) is 0 Å². The lowest BCUT2D eigenvalue weighted by Crippen LogP contribution is -1.96. The highest BCUT2D eigenvalue weighted by molar-refractivity contribution is 7.12. The SMILES string of the molecule is COc1cc(C)ccc1OCc1ccc(C#CCN)s1. The predicted octanol–water partition coefficient (Wildman–Crippen LogP) is 2.95. The molecule has 0 unspecified atom stereocenters. The van der Waals surface area contributed by atoms with Gasteiger partial charge in [-0.05, 0) is 36.8 Å². The number of thiophene rings is 1. The lowest BCUT2D eigenvalue weighted by Gasteiger charge is -2.10. The highest BCUT2D eigenvalue weighted by Crippen LogP contribution is 2.29. The second-order valence-electron chi connectivity index (χ2n) is 4.21. The maximum Gasteiger partial charge on any atom is 0.161 e. The number of ether oxygens (including phenoxy) is 2. The molecule has 0 fully saturated rings. The van der Waals surface area contributed by atoms with Crippen LogP contribution < -0.4 is 15.2 Å². The van der Waals surface area contributed by atoms with Gasteiger partial charge in [0.15, 0.2) is 11.5 Å². The smallest absolute Gasteiger partial charge is 0.161 e. The van der Waals surface area contributed by atoms with Crippen molar-refractivity contribution in [1.29, 1.82) is 0 Å². The van der Waals surface area contributed by atoms with E-state index < -0.39 is 0 Å². The highest BCUT2D eigenvalue weighted by Gasteiger charge is 2.05. The number of benzene rings is 1. The minimum Gasteiger partial charge on any atom is -0.493 e. The molecule has 20 heavy (non-hydrogen) atoms. The van der Waals surface area contributed by atoms with E-state index in [9.17, 15) is 0 Å². The van der Waals surface area contributed by atoms with E-state index in [0.29, 0.717) is 13.2 Å². The molecule has 1 heterocycles. The van der Waals surface area contributed by atoms with E-state index in [1.54, 1.807) is 18.4 Å². The fraction of sp³-hybridized carbons (Fsp3) is 0.250. The van der Waals surface area contributed by atoms with Crippen LogP contribution in [0.1, 0.15) is 15.3 Å². The van der Waals surface area contributed by atoms with Gasteiger partial charge >= 0.3 is 0 Å². The van der Waals surface area contributed by atoms with E-state index in [-0.39, 0.29) is 0 Å². The highest BCUT2D eigenvalue weighted by atomic mass is 32.1. The van der Waals surface area contributed by atoms with Crippen LogP contribution in [0.25, 0.3) is 0 Å². The van der Waals surface area contributed by atoms with E-state index in [0.717, 1.165) is 26.8 Å². The van der Waals surface area contributed by atoms with Gasteiger partial charge in [-0.1, -0.05) is 17.9 Å². The Balaban J connectivity index is 2.03. The third kappa shape index (κ3) is 3.77. The molecule has 1 aromatic carbocycles. The summed E-state index contributed by atoms with van der Waals surface area (Å²) in [4.78, 5) is 2.12. The Morgan fingerprint density at radius 1 is 1.20 bits per heavy atom. The lowest BCUT2D eigenvalue weighted by atomic mass is 10.2. The third-order valence-electron chi connectivity index (χ3n) is 2.66. The number of aryl methyl sites for hydroxylation is 1. The summed E-state index contributed by atoms with van der Waals surface area (Å²) in [5.74, 6) is 7.37. The van der Waals surface area contributed by atoms with Crippen LogP contribution in [0.5, 0.6) is 11.5 Å². The first-order valence-corrected chi connectivity index (χ1v) is 7.09. The molecule has 4 heteroatoms. The molecular weight excluding hydrogens is 270 g/mol. The second-order valence-corrected chi connectivity index (χ2v) is 5.38. The van der Waals surface area contributed by atoms with Crippen molar-refractivity contribution in [3.05, 3.63) is 45.6 Å². The average Bonchev–Trinajstić information content (AvgIpc) is 2.91. The van der Waals surface area contributed by atoms with Crippen LogP contribution in [0.2, 0.25) is 0 Å². The van der Waals surface area contributed by atoms with E-state index in [1.165, 1.54) is 0 Å². The van der Waals surface area contributed by atoms with Crippen LogP contribution in [0.15, 0.2) is 30.3 Å². The number of hydrogen-bond acceptors (Lipinski definition) is 4. The first-order valence-electron chi connectivity index (χ1n) is 6.28. The number of rotatable bonds is 4. The van der Waals surface area contributed by atoms with Gasteiger partial charge < -0.3 is 15.2 Å². The maximum absolute atomic E-state index is 5.80.